The topological polar surface area (TPSA) is 27.9 Å². The molecule has 0 bridgehead atoms. The third-order valence-corrected chi connectivity index (χ3v) is 4.34. The van der Waals surface area contributed by atoms with Crippen molar-refractivity contribution in [1.29, 1.82) is 0 Å². The Bertz CT molecular complexity index is 402. The van der Waals surface area contributed by atoms with Crippen LogP contribution < -0.4 is 4.90 Å². The molecular formula is C13H18BrN2OS+. The van der Waals surface area contributed by atoms with Gasteiger partial charge in [0.15, 0.2) is 0 Å². The summed E-state index contributed by atoms with van der Waals surface area (Å²) in [5.74, 6) is 0. The van der Waals surface area contributed by atoms with Crippen molar-refractivity contribution < 1.29 is 10.0 Å². The van der Waals surface area contributed by atoms with Crippen molar-refractivity contribution in [2.24, 2.45) is 0 Å². The predicted molar refractivity (Wildman–Crippen MR) is 80.1 cm³/mol. The largest absolute Gasteiger partial charge is 0.391 e. The van der Waals surface area contributed by atoms with Crippen molar-refractivity contribution in [3.8, 4) is 0 Å². The Morgan fingerprint density at radius 3 is 2.44 bits per heavy atom. The number of thiocarbonyl (C=S) groups is 1. The summed E-state index contributed by atoms with van der Waals surface area (Å²) in [5, 5.41) is 8.93. The molecule has 1 saturated heterocycles. The van der Waals surface area contributed by atoms with Crippen LogP contribution in [0.2, 0.25) is 0 Å². The molecule has 1 aromatic carbocycles. The number of nitrogens with zero attached hydrogens (tertiary/aromatic N) is 1. The van der Waals surface area contributed by atoms with Crippen LogP contribution in [0, 0.1) is 0 Å². The first-order valence-electron chi connectivity index (χ1n) is 6.20. The van der Waals surface area contributed by atoms with Gasteiger partial charge in [0, 0.05) is 10.0 Å². The quantitative estimate of drug-likeness (QED) is 0.782. The van der Waals surface area contributed by atoms with E-state index >= 15 is 0 Å². The van der Waals surface area contributed by atoms with Crippen LogP contribution >= 0.6 is 28.1 Å². The molecule has 1 aromatic rings. The summed E-state index contributed by atoms with van der Waals surface area (Å²) in [6, 6.07) is 8.16. The number of piperazine rings is 1. The van der Waals surface area contributed by atoms with Gasteiger partial charge in [-0.25, -0.2) is 0 Å². The molecular weight excluding hydrogens is 312 g/mol. The zero-order valence-electron chi connectivity index (χ0n) is 10.2. The van der Waals surface area contributed by atoms with Crippen molar-refractivity contribution in [3.63, 3.8) is 0 Å². The maximum atomic E-state index is 8.93. The Balaban J connectivity index is 1.93. The van der Waals surface area contributed by atoms with E-state index in [1.807, 2.05) is 12.1 Å². The van der Waals surface area contributed by atoms with Crippen LogP contribution in [0.3, 0.4) is 0 Å². The molecule has 1 heterocycles. The van der Waals surface area contributed by atoms with E-state index in [1.54, 1.807) is 0 Å². The predicted octanol–water partition coefficient (Wildman–Crippen LogP) is 0.317. The monoisotopic (exact) mass is 329 g/mol. The van der Waals surface area contributed by atoms with E-state index in [1.165, 1.54) is 4.90 Å². The van der Waals surface area contributed by atoms with Gasteiger partial charge in [0.25, 0.3) is 0 Å². The number of aliphatic hydroxyl groups excluding tert-OH is 1. The van der Waals surface area contributed by atoms with Gasteiger partial charge >= 0.3 is 0 Å². The van der Waals surface area contributed by atoms with Crippen LogP contribution in [0.1, 0.15) is 5.56 Å². The molecule has 5 heteroatoms. The van der Waals surface area contributed by atoms with Gasteiger partial charge in [-0.1, -0.05) is 40.3 Å². The third-order valence-electron chi connectivity index (χ3n) is 3.31. The Kier molecular flexibility index (Phi) is 5.12. The van der Waals surface area contributed by atoms with Gasteiger partial charge in [0.2, 0.25) is 0 Å². The fraction of sp³-hybridized carbons (Fsp3) is 0.462. The molecule has 0 unspecified atom stereocenters. The minimum Gasteiger partial charge on any atom is -0.391 e. The molecule has 0 atom stereocenters. The number of quaternary nitrogens is 1. The van der Waals surface area contributed by atoms with Gasteiger partial charge in [-0.15, -0.1) is 0 Å². The van der Waals surface area contributed by atoms with Crippen LogP contribution in [-0.2, 0) is 0 Å². The molecule has 1 fully saturated rings. The van der Waals surface area contributed by atoms with Crippen LogP contribution in [0.15, 0.2) is 28.7 Å². The first-order chi connectivity index (χ1) is 8.70. The third kappa shape index (κ3) is 3.51. The first kappa shape index (κ1) is 13.9. The Labute approximate surface area is 122 Å². The smallest absolute Gasteiger partial charge is 0.109 e. The summed E-state index contributed by atoms with van der Waals surface area (Å²) < 4.78 is 1.08. The molecule has 18 heavy (non-hydrogen) atoms. The SMILES string of the molecule is OCC[NH+]1CCN(C(=S)c2ccc(Br)cc2)CC1. The second-order valence-electron chi connectivity index (χ2n) is 4.52. The first-order valence-corrected chi connectivity index (χ1v) is 7.40. The Morgan fingerprint density at radius 1 is 1.28 bits per heavy atom. The summed E-state index contributed by atoms with van der Waals surface area (Å²) in [6.45, 7) is 5.17. The number of rotatable bonds is 3. The normalized spacial score (nSPS) is 16.9. The summed E-state index contributed by atoms with van der Waals surface area (Å²) in [5.41, 5.74) is 1.11. The van der Waals surface area contributed by atoms with Crippen molar-refractivity contribution in [3.05, 3.63) is 34.3 Å². The van der Waals surface area contributed by atoms with E-state index in [4.69, 9.17) is 17.3 Å². The van der Waals surface area contributed by atoms with E-state index in [9.17, 15) is 0 Å². The maximum absolute atomic E-state index is 8.93. The van der Waals surface area contributed by atoms with Crippen molar-refractivity contribution in [1.82, 2.24) is 4.90 Å². The zero-order valence-corrected chi connectivity index (χ0v) is 12.6. The van der Waals surface area contributed by atoms with Gasteiger partial charge in [-0.2, -0.15) is 0 Å². The lowest BCUT2D eigenvalue weighted by molar-refractivity contribution is -0.904. The van der Waals surface area contributed by atoms with Crippen LogP contribution in [0.25, 0.3) is 0 Å². The molecule has 98 valence electrons. The van der Waals surface area contributed by atoms with Crippen molar-refractivity contribution in [2.45, 2.75) is 0 Å². The van der Waals surface area contributed by atoms with Crippen molar-refractivity contribution in [2.75, 3.05) is 39.3 Å². The van der Waals surface area contributed by atoms with Crippen molar-refractivity contribution >= 4 is 33.1 Å². The lowest BCUT2D eigenvalue weighted by Crippen LogP contribution is -3.15. The number of halogens is 1. The molecule has 2 N–H and O–H groups in total. The molecule has 0 amide bonds. The van der Waals surface area contributed by atoms with E-state index < -0.39 is 0 Å². The minimum absolute atomic E-state index is 0.270. The molecule has 0 aliphatic carbocycles. The van der Waals surface area contributed by atoms with E-state index in [-0.39, 0.29) is 6.61 Å². The summed E-state index contributed by atoms with van der Waals surface area (Å²) in [6.07, 6.45) is 0. The Hall–Kier alpha value is -0.490. The average molecular weight is 330 g/mol. The lowest BCUT2D eigenvalue weighted by atomic mass is 10.2. The second-order valence-corrected chi connectivity index (χ2v) is 5.83. The Morgan fingerprint density at radius 2 is 1.89 bits per heavy atom. The highest BCUT2D eigenvalue weighted by Gasteiger charge is 2.21. The van der Waals surface area contributed by atoms with Gasteiger partial charge in [-0.05, 0) is 12.1 Å². The van der Waals surface area contributed by atoms with Crippen LogP contribution in [0.5, 0.6) is 0 Å². The lowest BCUT2D eigenvalue weighted by Gasteiger charge is -2.33. The van der Waals surface area contributed by atoms with E-state index in [0.717, 1.165) is 47.7 Å². The number of nitrogens with one attached hydrogen (secondary N) is 1. The molecule has 0 aromatic heterocycles. The minimum atomic E-state index is 0.270. The fourth-order valence-electron chi connectivity index (χ4n) is 2.21. The van der Waals surface area contributed by atoms with Gasteiger partial charge in [0.1, 0.15) is 11.5 Å². The molecule has 0 saturated carbocycles. The number of hydrogen-bond acceptors (Lipinski definition) is 2. The van der Waals surface area contributed by atoms with E-state index in [2.05, 4.69) is 33.0 Å². The van der Waals surface area contributed by atoms with Gasteiger partial charge in [-0.3, -0.25) is 0 Å². The summed E-state index contributed by atoms with van der Waals surface area (Å²) >= 11 is 8.97. The van der Waals surface area contributed by atoms with Crippen LogP contribution in [-0.4, -0.2) is 54.3 Å². The summed E-state index contributed by atoms with van der Waals surface area (Å²) in [4.78, 5) is 4.66. The van der Waals surface area contributed by atoms with Gasteiger partial charge < -0.3 is 14.9 Å². The highest BCUT2D eigenvalue weighted by atomic mass is 79.9. The average Bonchev–Trinajstić information content (AvgIpc) is 2.40. The molecule has 1 aliphatic rings. The molecule has 2 rings (SSSR count). The highest BCUT2D eigenvalue weighted by Crippen LogP contribution is 2.13. The second kappa shape index (κ2) is 6.61. The fourth-order valence-corrected chi connectivity index (χ4v) is 2.79. The number of benzene rings is 1. The molecule has 1 aliphatic heterocycles. The van der Waals surface area contributed by atoms with Crippen LogP contribution in [0.4, 0.5) is 0 Å². The molecule has 0 spiro atoms. The standard InChI is InChI=1S/C13H17BrN2OS/c14-12-3-1-11(2-4-12)13(18)16-7-5-15(6-8-16)9-10-17/h1-4,17H,5-10H2/p+1. The number of hydrogen-bond donors (Lipinski definition) is 2. The van der Waals surface area contributed by atoms with E-state index in [0.29, 0.717) is 0 Å². The molecule has 3 nitrogen and oxygen atoms in total. The highest BCUT2D eigenvalue weighted by molar-refractivity contribution is 9.10. The summed E-state index contributed by atoms with van der Waals surface area (Å²) in [7, 11) is 0. The maximum Gasteiger partial charge on any atom is 0.109 e. The molecule has 0 radical (unpaired) electrons. The zero-order chi connectivity index (χ0) is 13.0. The number of aliphatic hydroxyl groups is 1. The van der Waals surface area contributed by atoms with Gasteiger partial charge in [0.05, 0.1) is 32.8 Å².